The van der Waals surface area contributed by atoms with Crippen molar-refractivity contribution < 1.29 is 9.59 Å². The summed E-state index contributed by atoms with van der Waals surface area (Å²) >= 11 is 0. The number of piperazine rings is 1. The number of amides is 2. The molecular weight excluding hydrogens is 433 g/mol. The van der Waals surface area contributed by atoms with Gasteiger partial charge in [0, 0.05) is 39.6 Å². The first-order valence-corrected chi connectivity index (χ1v) is 8.65. The molecule has 0 aliphatic carbocycles. The van der Waals surface area contributed by atoms with Gasteiger partial charge >= 0.3 is 0 Å². The van der Waals surface area contributed by atoms with E-state index in [0.717, 1.165) is 6.54 Å². The Hall–Kier alpha value is -1.06. The largest absolute Gasteiger partial charge is 0.357 e. The second kappa shape index (κ2) is 10.2. The van der Waals surface area contributed by atoms with Crippen LogP contribution >= 0.6 is 24.0 Å². The van der Waals surface area contributed by atoms with E-state index in [2.05, 4.69) is 24.2 Å². The van der Waals surface area contributed by atoms with Crippen LogP contribution in [0.2, 0.25) is 0 Å². The Kier molecular flexibility index (Phi) is 9.75. The van der Waals surface area contributed by atoms with Crippen molar-refractivity contribution in [3.8, 4) is 0 Å². The van der Waals surface area contributed by atoms with Crippen LogP contribution in [-0.2, 0) is 9.59 Å². The van der Waals surface area contributed by atoms with Crippen molar-refractivity contribution in [2.45, 2.75) is 52.6 Å². The molecule has 7 nitrogen and oxygen atoms in total. The normalized spacial score (nSPS) is 17.4. The predicted octanol–water partition coefficient (Wildman–Crippen LogP) is 1.38. The van der Waals surface area contributed by atoms with Gasteiger partial charge in [-0.15, -0.1) is 24.0 Å². The first kappa shape index (κ1) is 23.9. The zero-order chi connectivity index (χ0) is 18.5. The highest BCUT2D eigenvalue weighted by Crippen LogP contribution is 2.24. The van der Waals surface area contributed by atoms with E-state index in [-0.39, 0.29) is 47.4 Å². The lowest BCUT2D eigenvalue weighted by Gasteiger charge is -2.49. The Morgan fingerprint density at radius 1 is 1.36 bits per heavy atom. The zero-order valence-electron chi connectivity index (χ0n) is 16.6. The van der Waals surface area contributed by atoms with Crippen LogP contribution < -0.4 is 5.32 Å². The van der Waals surface area contributed by atoms with Crippen LogP contribution in [0.1, 0.15) is 41.0 Å². The Balaban J connectivity index is 0.00000576. The second-order valence-corrected chi connectivity index (χ2v) is 7.30. The van der Waals surface area contributed by atoms with Crippen molar-refractivity contribution in [3.63, 3.8) is 0 Å². The standard InChI is InChI=1S/C17H33N5O2.HI/c1-8-18-16(19-10-9-14(23)20(6)7)21-11-15(24)22(13(2)3)17(4,5)12-21;/h13H,8-12H2,1-7H3,(H,18,19);1H. The van der Waals surface area contributed by atoms with Crippen molar-refractivity contribution in [1.82, 2.24) is 20.0 Å². The minimum absolute atomic E-state index is 0. The molecular formula is C17H34IN5O2. The summed E-state index contributed by atoms with van der Waals surface area (Å²) in [5.74, 6) is 0.862. The summed E-state index contributed by atoms with van der Waals surface area (Å²) in [6.45, 7) is 12.4. The molecule has 1 aliphatic rings. The van der Waals surface area contributed by atoms with Crippen LogP contribution in [0.4, 0.5) is 0 Å². The van der Waals surface area contributed by atoms with Gasteiger partial charge in [-0.1, -0.05) is 0 Å². The van der Waals surface area contributed by atoms with Gasteiger partial charge in [0.15, 0.2) is 5.96 Å². The quantitative estimate of drug-likeness (QED) is 0.377. The van der Waals surface area contributed by atoms with Crippen molar-refractivity contribution in [3.05, 3.63) is 0 Å². The van der Waals surface area contributed by atoms with E-state index >= 15 is 0 Å². The maximum atomic E-state index is 12.6. The monoisotopic (exact) mass is 467 g/mol. The Bertz CT molecular complexity index is 491. The third kappa shape index (κ3) is 6.63. The van der Waals surface area contributed by atoms with Crippen molar-refractivity contribution >= 4 is 41.8 Å². The van der Waals surface area contributed by atoms with Gasteiger partial charge in [0.2, 0.25) is 11.8 Å². The molecule has 0 bridgehead atoms. The van der Waals surface area contributed by atoms with E-state index in [1.807, 2.05) is 30.6 Å². The summed E-state index contributed by atoms with van der Waals surface area (Å²) in [6.07, 6.45) is 0.366. The number of rotatable bonds is 5. The van der Waals surface area contributed by atoms with Gasteiger partial charge in [0.1, 0.15) is 0 Å². The number of nitrogens with zero attached hydrogens (tertiary/aromatic N) is 4. The minimum atomic E-state index is -0.265. The second-order valence-electron chi connectivity index (χ2n) is 7.30. The lowest BCUT2D eigenvalue weighted by atomic mass is 9.96. The fourth-order valence-corrected chi connectivity index (χ4v) is 3.22. The molecule has 0 aromatic heterocycles. The van der Waals surface area contributed by atoms with Crippen LogP contribution in [0.25, 0.3) is 0 Å². The molecule has 0 aromatic rings. The average molecular weight is 467 g/mol. The number of guanidine groups is 1. The molecule has 8 heteroatoms. The Labute approximate surface area is 169 Å². The van der Waals surface area contributed by atoms with E-state index in [1.165, 1.54) is 0 Å². The average Bonchev–Trinajstić information content (AvgIpc) is 2.43. The summed E-state index contributed by atoms with van der Waals surface area (Å²) in [5.41, 5.74) is -0.265. The lowest BCUT2D eigenvalue weighted by molar-refractivity contribution is -0.145. The van der Waals surface area contributed by atoms with Gasteiger partial charge in [0.05, 0.1) is 18.6 Å². The highest BCUT2D eigenvalue weighted by Gasteiger charge is 2.40. The van der Waals surface area contributed by atoms with Crippen LogP contribution in [0.15, 0.2) is 4.99 Å². The van der Waals surface area contributed by atoms with Gasteiger partial charge in [-0.25, -0.2) is 0 Å². The molecule has 1 aliphatic heterocycles. The molecule has 0 unspecified atom stereocenters. The first-order chi connectivity index (χ1) is 11.1. The molecule has 25 heavy (non-hydrogen) atoms. The smallest absolute Gasteiger partial charge is 0.242 e. The molecule has 0 aromatic carbocycles. The summed E-state index contributed by atoms with van der Waals surface area (Å²) < 4.78 is 0. The van der Waals surface area contributed by atoms with E-state index in [4.69, 9.17) is 0 Å². The highest BCUT2D eigenvalue weighted by molar-refractivity contribution is 14.0. The molecule has 1 fully saturated rings. The fraction of sp³-hybridized carbons (Fsp3) is 0.824. The summed E-state index contributed by atoms with van der Waals surface area (Å²) in [4.78, 5) is 34.3. The maximum absolute atomic E-state index is 12.6. The third-order valence-electron chi connectivity index (χ3n) is 4.06. The topological polar surface area (TPSA) is 68.2 Å². The van der Waals surface area contributed by atoms with Crippen LogP contribution in [0.3, 0.4) is 0 Å². The lowest BCUT2D eigenvalue weighted by Crippen LogP contribution is -2.66. The van der Waals surface area contributed by atoms with E-state index in [9.17, 15) is 9.59 Å². The van der Waals surface area contributed by atoms with E-state index in [0.29, 0.717) is 32.0 Å². The number of aliphatic imine (C=N–C) groups is 1. The number of carbonyl (C=O) groups is 2. The number of hydrogen-bond donors (Lipinski definition) is 1. The minimum Gasteiger partial charge on any atom is -0.357 e. The van der Waals surface area contributed by atoms with Crippen LogP contribution in [-0.4, -0.2) is 84.3 Å². The molecule has 1 heterocycles. The maximum Gasteiger partial charge on any atom is 0.242 e. The van der Waals surface area contributed by atoms with Crippen LogP contribution in [0.5, 0.6) is 0 Å². The molecule has 1 N–H and O–H groups in total. The molecule has 0 atom stereocenters. The molecule has 0 spiro atoms. The van der Waals surface area contributed by atoms with Gasteiger partial charge in [0.25, 0.3) is 0 Å². The van der Waals surface area contributed by atoms with Gasteiger partial charge in [-0.2, -0.15) is 0 Å². The number of carbonyl (C=O) groups excluding carboxylic acids is 2. The Morgan fingerprint density at radius 3 is 2.40 bits per heavy atom. The van der Waals surface area contributed by atoms with E-state index in [1.54, 1.807) is 19.0 Å². The number of halogens is 1. The summed E-state index contributed by atoms with van der Waals surface area (Å²) in [7, 11) is 3.48. The molecule has 0 saturated carbocycles. The van der Waals surface area contributed by atoms with E-state index < -0.39 is 0 Å². The van der Waals surface area contributed by atoms with Crippen molar-refractivity contribution in [1.29, 1.82) is 0 Å². The Morgan fingerprint density at radius 2 is 1.96 bits per heavy atom. The van der Waals surface area contributed by atoms with Gasteiger partial charge < -0.3 is 20.0 Å². The fourth-order valence-electron chi connectivity index (χ4n) is 3.22. The third-order valence-corrected chi connectivity index (χ3v) is 4.06. The molecule has 0 radical (unpaired) electrons. The molecule has 1 rings (SSSR count). The highest BCUT2D eigenvalue weighted by atomic mass is 127. The number of nitrogens with one attached hydrogen (secondary N) is 1. The van der Waals surface area contributed by atoms with Crippen LogP contribution in [0, 0.1) is 0 Å². The molecule has 146 valence electrons. The zero-order valence-corrected chi connectivity index (χ0v) is 19.0. The molecule has 1 saturated heterocycles. The first-order valence-electron chi connectivity index (χ1n) is 8.65. The predicted molar refractivity (Wildman–Crippen MR) is 112 cm³/mol. The summed E-state index contributed by atoms with van der Waals surface area (Å²) in [5, 5.41) is 3.24. The van der Waals surface area contributed by atoms with Gasteiger partial charge in [-0.05, 0) is 34.6 Å². The number of hydrogen-bond acceptors (Lipinski definition) is 3. The van der Waals surface area contributed by atoms with Crippen molar-refractivity contribution in [2.75, 3.05) is 40.3 Å². The van der Waals surface area contributed by atoms with Crippen molar-refractivity contribution in [2.24, 2.45) is 4.99 Å². The summed E-state index contributed by atoms with van der Waals surface area (Å²) in [6, 6.07) is 0.173. The van der Waals surface area contributed by atoms with Gasteiger partial charge in [-0.3, -0.25) is 14.6 Å². The molecule has 2 amide bonds. The SMILES string of the molecule is CCNC(=NCCC(=O)N(C)C)N1CC(=O)N(C(C)C)C(C)(C)C1.I.